The second kappa shape index (κ2) is 5.78. The largest absolute Gasteiger partial charge is 0.294 e. The van der Waals surface area contributed by atoms with Crippen LogP contribution in [0.25, 0.3) is 0 Å². The van der Waals surface area contributed by atoms with Crippen molar-refractivity contribution in [1.29, 1.82) is 0 Å². The third kappa shape index (κ3) is 2.89. The van der Waals surface area contributed by atoms with E-state index in [-0.39, 0.29) is 5.78 Å². The van der Waals surface area contributed by atoms with Crippen molar-refractivity contribution < 1.29 is 4.79 Å². The zero-order chi connectivity index (χ0) is 13.8. The summed E-state index contributed by atoms with van der Waals surface area (Å²) in [5.41, 5.74) is 2.97. The number of carbonyl (C=O) groups is 1. The topological polar surface area (TPSA) is 47.8 Å². The van der Waals surface area contributed by atoms with E-state index >= 15 is 0 Å². The van der Waals surface area contributed by atoms with Crippen molar-refractivity contribution in [3.63, 3.8) is 0 Å². The number of hydrogen-bond donors (Lipinski definition) is 0. The van der Waals surface area contributed by atoms with Gasteiger partial charge in [-0.2, -0.15) is 5.10 Å². The Balaban J connectivity index is 2.21. The number of hydrogen-bond acceptors (Lipinski definition) is 3. The van der Waals surface area contributed by atoms with Crippen LogP contribution in [-0.2, 0) is 13.0 Å². The van der Waals surface area contributed by atoms with E-state index < -0.39 is 0 Å². The molecule has 0 aliphatic carbocycles. The molecule has 1 aromatic heterocycles. The Bertz CT molecular complexity index is 587. The first-order chi connectivity index (χ1) is 9.13. The molecule has 1 heterocycles. The SMILES string of the molecule is CCCn1ncnc1CC(=O)c1cccc(C)c1C. The van der Waals surface area contributed by atoms with Gasteiger partial charge in [-0.05, 0) is 31.4 Å². The van der Waals surface area contributed by atoms with E-state index in [0.29, 0.717) is 6.42 Å². The molecule has 1 aromatic carbocycles. The molecule has 0 spiro atoms. The Morgan fingerprint density at radius 1 is 1.32 bits per heavy atom. The molecule has 0 saturated carbocycles. The molecular formula is C15H19N3O. The third-order valence-electron chi connectivity index (χ3n) is 3.35. The standard InChI is InChI=1S/C15H19N3O/c1-4-8-18-15(16-10-17-18)9-14(19)13-7-5-6-11(2)12(13)3/h5-7,10H,4,8-9H2,1-3H3. The average Bonchev–Trinajstić information content (AvgIpc) is 2.80. The third-order valence-corrected chi connectivity index (χ3v) is 3.35. The van der Waals surface area contributed by atoms with Gasteiger partial charge in [0.25, 0.3) is 0 Å². The molecule has 0 aliphatic heterocycles. The lowest BCUT2D eigenvalue weighted by Crippen LogP contribution is -2.12. The van der Waals surface area contributed by atoms with E-state index in [4.69, 9.17) is 0 Å². The number of rotatable bonds is 5. The normalized spacial score (nSPS) is 10.7. The molecule has 0 fully saturated rings. The minimum Gasteiger partial charge on any atom is -0.294 e. The van der Waals surface area contributed by atoms with Crippen molar-refractivity contribution >= 4 is 5.78 Å². The maximum Gasteiger partial charge on any atom is 0.170 e. The van der Waals surface area contributed by atoms with Gasteiger partial charge in [0.2, 0.25) is 0 Å². The molecule has 19 heavy (non-hydrogen) atoms. The lowest BCUT2D eigenvalue weighted by atomic mass is 9.98. The quantitative estimate of drug-likeness (QED) is 0.774. The van der Waals surface area contributed by atoms with E-state index in [0.717, 1.165) is 35.5 Å². The summed E-state index contributed by atoms with van der Waals surface area (Å²) >= 11 is 0. The highest BCUT2D eigenvalue weighted by Crippen LogP contribution is 2.15. The van der Waals surface area contributed by atoms with E-state index in [1.807, 2.05) is 36.7 Å². The van der Waals surface area contributed by atoms with Crippen LogP contribution in [0.15, 0.2) is 24.5 Å². The number of carbonyl (C=O) groups excluding carboxylic acids is 1. The summed E-state index contributed by atoms with van der Waals surface area (Å²) < 4.78 is 1.81. The highest BCUT2D eigenvalue weighted by atomic mass is 16.1. The molecule has 2 rings (SSSR count). The number of aryl methyl sites for hydroxylation is 2. The predicted molar refractivity (Wildman–Crippen MR) is 74.3 cm³/mol. The molecule has 0 amide bonds. The maximum atomic E-state index is 12.4. The summed E-state index contributed by atoms with van der Waals surface area (Å²) in [6.45, 7) is 6.89. The number of ketones is 1. The van der Waals surface area contributed by atoms with Crippen LogP contribution in [0.3, 0.4) is 0 Å². The fraction of sp³-hybridized carbons (Fsp3) is 0.400. The predicted octanol–water partition coefficient (Wildman–Crippen LogP) is 2.73. The van der Waals surface area contributed by atoms with Gasteiger partial charge in [-0.15, -0.1) is 0 Å². The van der Waals surface area contributed by atoms with Crippen LogP contribution in [0.4, 0.5) is 0 Å². The molecule has 0 atom stereocenters. The van der Waals surface area contributed by atoms with E-state index in [2.05, 4.69) is 17.0 Å². The first kappa shape index (κ1) is 13.5. The first-order valence-electron chi connectivity index (χ1n) is 6.59. The molecule has 100 valence electrons. The van der Waals surface area contributed by atoms with E-state index in [9.17, 15) is 4.79 Å². The van der Waals surface area contributed by atoms with Crippen molar-refractivity contribution in [2.75, 3.05) is 0 Å². The summed E-state index contributed by atoms with van der Waals surface area (Å²) in [4.78, 5) is 16.5. The van der Waals surface area contributed by atoms with Crippen molar-refractivity contribution in [3.05, 3.63) is 47.0 Å². The molecule has 0 radical (unpaired) electrons. The van der Waals surface area contributed by atoms with Crippen LogP contribution in [0.5, 0.6) is 0 Å². The summed E-state index contributed by atoms with van der Waals surface area (Å²) in [6, 6.07) is 5.82. The van der Waals surface area contributed by atoms with Crippen molar-refractivity contribution in [2.45, 2.75) is 40.2 Å². The molecule has 4 heteroatoms. The van der Waals surface area contributed by atoms with Crippen LogP contribution in [0.2, 0.25) is 0 Å². The zero-order valence-corrected chi connectivity index (χ0v) is 11.7. The minimum absolute atomic E-state index is 0.103. The molecular weight excluding hydrogens is 238 g/mol. The van der Waals surface area contributed by atoms with Crippen LogP contribution in [0, 0.1) is 13.8 Å². The highest BCUT2D eigenvalue weighted by Gasteiger charge is 2.14. The Morgan fingerprint density at radius 2 is 2.11 bits per heavy atom. The van der Waals surface area contributed by atoms with Gasteiger partial charge in [-0.3, -0.25) is 4.79 Å². The Kier molecular flexibility index (Phi) is 4.10. The molecule has 0 saturated heterocycles. The fourth-order valence-electron chi connectivity index (χ4n) is 2.12. The summed E-state index contributed by atoms with van der Waals surface area (Å²) in [5, 5.41) is 4.15. The molecule has 0 aliphatic rings. The van der Waals surface area contributed by atoms with Gasteiger partial charge in [-0.25, -0.2) is 9.67 Å². The van der Waals surface area contributed by atoms with Crippen molar-refractivity contribution in [1.82, 2.24) is 14.8 Å². The van der Waals surface area contributed by atoms with Crippen molar-refractivity contribution in [2.24, 2.45) is 0 Å². The number of benzene rings is 1. The van der Waals surface area contributed by atoms with Gasteiger partial charge in [0.1, 0.15) is 12.2 Å². The summed E-state index contributed by atoms with van der Waals surface area (Å²) in [7, 11) is 0. The number of nitrogens with zero attached hydrogens (tertiary/aromatic N) is 3. The maximum absolute atomic E-state index is 12.4. The molecule has 2 aromatic rings. The number of aromatic nitrogens is 3. The van der Waals surface area contributed by atoms with Crippen molar-refractivity contribution in [3.8, 4) is 0 Å². The molecule has 0 N–H and O–H groups in total. The number of Topliss-reactive ketones (excluding diaryl/α,β-unsaturated/α-hetero) is 1. The zero-order valence-electron chi connectivity index (χ0n) is 11.7. The molecule has 4 nitrogen and oxygen atoms in total. The fourth-order valence-corrected chi connectivity index (χ4v) is 2.12. The average molecular weight is 257 g/mol. The minimum atomic E-state index is 0.103. The van der Waals surface area contributed by atoms with Gasteiger partial charge < -0.3 is 0 Å². The lowest BCUT2D eigenvalue weighted by Gasteiger charge is -2.08. The van der Waals surface area contributed by atoms with E-state index in [1.165, 1.54) is 6.33 Å². The highest BCUT2D eigenvalue weighted by molar-refractivity contribution is 5.98. The Labute approximate surface area is 113 Å². The van der Waals surface area contributed by atoms with E-state index in [1.54, 1.807) is 0 Å². The van der Waals surface area contributed by atoms with Crippen LogP contribution >= 0.6 is 0 Å². The van der Waals surface area contributed by atoms with Crippen LogP contribution in [-0.4, -0.2) is 20.5 Å². The van der Waals surface area contributed by atoms with Gasteiger partial charge in [-0.1, -0.05) is 25.1 Å². The smallest absolute Gasteiger partial charge is 0.170 e. The molecule has 0 unspecified atom stereocenters. The molecule has 0 bridgehead atoms. The summed E-state index contributed by atoms with van der Waals surface area (Å²) in [5.74, 6) is 0.847. The Morgan fingerprint density at radius 3 is 2.84 bits per heavy atom. The van der Waals surface area contributed by atoms with Gasteiger partial charge in [0.15, 0.2) is 5.78 Å². The monoisotopic (exact) mass is 257 g/mol. The summed E-state index contributed by atoms with van der Waals surface area (Å²) in [6.07, 6.45) is 2.81. The first-order valence-corrected chi connectivity index (χ1v) is 6.59. The lowest BCUT2D eigenvalue weighted by molar-refractivity contribution is 0.0988. The second-order valence-electron chi connectivity index (χ2n) is 4.75. The second-order valence-corrected chi connectivity index (χ2v) is 4.75. The van der Waals surface area contributed by atoms with Gasteiger partial charge >= 0.3 is 0 Å². The van der Waals surface area contributed by atoms with Crippen LogP contribution in [0.1, 0.15) is 40.7 Å². The Hall–Kier alpha value is -1.97. The van der Waals surface area contributed by atoms with Gasteiger partial charge in [0.05, 0.1) is 6.42 Å². The van der Waals surface area contributed by atoms with Crippen LogP contribution < -0.4 is 0 Å². The van der Waals surface area contributed by atoms with Gasteiger partial charge in [0, 0.05) is 12.1 Å².